The molecule has 0 saturated heterocycles. The fraction of sp³-hybridized carbons (Fsp3) is 0.0667. The summed E-state index contributed by atoms with van der Waals surface area (Å²) in [4.78, 5) is 4.32. The monoisotopic (exact) mass is 334 g/mol. The summed E-state index contributed by atoms with van der Waals surface area (Å²) in [7, 11) is 0. The van der Waals surface area contributed by atoms with Crippen LogP contribution in [0.4, 0.5) is 0 Å². The van der Waals surface area contributed by atoms with Crippen LogP contribution in [0.5, 0.6) is 5.75 Å². The van der Waals surface area contributed by atoms with Gasteiger partial charge in [0, 0.05) is 16.3 Å². The number of nitrogens with zero attached hydrogens (tertiary/aromatic N) is 2. The number of para-hydroxylation sites is 2. The highest BCUT2D eigenvalue weighted by atomic mass is 35.5. The Morgan fingerprint density at radius 2 is 2.09 bits per heavy atom. The van der Waals surface area contributed by atoms with Gasteiger partial charge in [0.1, 0.15) is 17.0 Å². The summed E-state index contributed by atoms with van der Waals surface area (Å²) in [6, 6.07) is 12.0. The molecule has 3 aromatic rings. The maximum absolute atomic E-state index is 9.85. The molecule has 22 heavy (non-hydrogen) atoms. The second-order valence-electron chi connectivity index (χ2n) is 4.44. The Balaban J connectivity index is 1.80. The number of phenolic OH excluding ortho intramolecular Hbond substituents is 1. The van der Waals surface area contributed by atoms with Gasteiger partial charge in [-0.25, -0.2) is 4.98 Å². The number of halogens is 1. The third-order valence-corrected chi connectivity index (χ3v) is 4.07. The summed E-state index contributed by atoms with van der Waals surface area (Å²) in [6.45, 7) is 0. The number of aromatic nitrogens is 1. The zero-order valence-corrected chi connectivity index (χ0v) is 12.8. The first kappa shape index (κ1) is 14.7. The molecule has 0 saturated carbocycles. The van der Waals surface area contributed by atoms with Gasteiger partial charge in [0.15, 0.2) is 5.58 Å². The number of benzene rings is 2. The van der Waals surface area contributed by atoms with Gasteiger partial charge in [-0.1, -0.05) is 40.7 Å². The molecule has 0 bridgehead atoms. The highest BCUT2D eigenvalue weighted by Crippen LogP contribution is 2.27. The lowest BCUT2D eigenvalue weighted by molar-refractivity contribution is 0.319. The first-order chi connectivity index (χ1) is 10.7. The predicted octanol–water partition coefficient (Wildman–Crippen LogP) is 4.16. The number of thioether (sulfide) groups is 1. The van der Waals surface area contributed by atoms with E-state index in [1.807, 2.05) is 24.3 Å². The number of rotatable bonds is 4. The average molecular weight is 335 g/mol. The third kappa shape index (κ3) is 3.03. The van der Waals surface area contributed by atoms with Gasteiger partial charge in [-0.2, -0.15) is 0 Å². The van der Waals surface area contributed by atoms with Crippen LogP contribution in [0.1, 0.15) is 5.56 Å². The molecule has 0 fully saturated rings. The van der Waals surface area contributed by atoms with Crippen LogP contribution in [0.15, 0.2) is 57.3 Å². The lowest BCUT2D eigenvalue weighted by Crippen LogP contribution is -2.05. The van der Waals surface area contributed by atoms with E-state index < -0.39 is 0 Å². The summed E-state index contributed by atoms with van der Waals surface area (Å²) < 4.78 is 5.58. The smallest absolute Gasteiger partial charge is 0.257 e. The van der Waals surface area contributed by atoms with Gasteiger partial charge in [0.2, 0.25) is 0 Å². The van der Waals surface area contributed by atoms with Crippen molar-refractivity contribution in [2.24, 2.45) is 5.16 Å². The molecule has 2 aromatic carbocycles. The fourth-order valence-electron chi connectivity index (χ4n) is 1.94. The number of oxazole rings is 1. The molecule has 0 unspecified atom stereocenters. The first-order valence-electron chi connectivity index (χ1n) is 6.35. The molecule has 0 atom stereocenters. The highest BCUT2D eigenvalue weighted by Gasteiger charge is 2.13. The second-order valence-corrected chi connectivity index (χ2v) is 5.81. The third-order valence-electron chi connectivity index (χ3n) is 3.00. The van der Waals surface area contributed by atoms with E-state index in [9.17, 15) is 10.3 Å². The Kier molecular flexibility index (Phi) is 4.22. The Labute approximate surface area is 135 Å². The van der Waals surface area contributed by atoms with Crippen molar-refractivity contribution in [1.82, 2.24) is 4.98 Å². The van der Waals surface area contributed by atoms with Crippen LogP contribution < -0.4 is 0 Å². The van der Waals surface area contributed by atoms with Crippen molar-refractivity contribution in [1.29, 1.82) is 0 Å². The fourth-order valence-corrected chi connectivity index (χ4v) is 2.90. The van der Waals surface area contributed by atoms with Gasteiger partial charge in [-0.3, -0.25) is 0 Å². The van der Waals surface area contributed by atoms with Gasteiger partial charge in [-0.05, 0) is 30.3 Å². The van der Waals surface area contributed by atoms with Crippen LogP contribution in [-0.2, 0) is 0 Å². The molecule has 0 spiro atoms. The number of oxime groups is 1. The lowest BCUT2D eigenvalue weighted by atomic mass is 10.1. The molecule has 2 N–H and O–H groups in total. The molecule has 1 heterocycles. The van der Waals surface area contributed by atoms with Crippen molar-refractivity contribution >= 4 is 40.2 Å². The maximum Gasteiger partial charge on any atom is 0.257 e. The standard InChI is InChI=1S/C15H11ClN2O3S/c16-9-5-6-13(19)10(7-9)12(18-20)8-22-15-17-11-3-1-2-4-14(11)21-15/h1-7,19-20H,8H2/b18-12-. The molecule has 7 heteroatoms. The molecule has 0 amide bonds. The second kappa shape index (κ2) is 6.29. The molecular weight excluding hydrogens is 324 g/mol. The van der Waals surface area contributed by atoms with E-state index in [2.05, 4.69) is 10.1 Å². The van der Waals surface area contributed by atoms with Crippen LogP contribution in [0.3, 0.4) is 0 Å². The molecule has 112 valence electrons. The minimum Gasteiger partial charge on any atom is -0.507 e. The zero-order chi connectivity index (χ0) is 15.5. The number of aromatic hydroxyl groups is 1. The van der Waals surface area contributed by atoms with Crippen LogP contribution >= 0.6 is 23.4 Å². The van der Waals surface area contributed by atoms with Crippen molar-refractivity contribution in [3.05, 3.63) is 53.1 Å². The molecular formula is C15H11ClN2O3S. The largest absolute Gasteiger partial charge is 0.507 e. The van der Waals surface area contributed by atoms with E-state index >= 15 is 0 Å². The Morgan fingerprint density at radius 1 is 1.27 bits per heavy atom. The van der Waals surface area contributed by atoms with E-state index in [1.165, 1.54) is 17.8 Å². The summed E-state index contributed by atoms with van der Waals surface area (Å²) in [5.74, 6) is 0.271. The van der Waals surface area contributed by atoms with Gasteiger partial charge in [-0.15, -0.1) is 0 Å². The molecule has 0 aliphatic rings. The number of phenols is 1. The lowest BCUT2D eigenvalue weighted by Gasteiger charge is -2.06. The minimum atomic E-state index is -0.00429. The van der Waals surface area contributed by atoms with Gasteiger partial charge >= 0.3 is 0 Å². The Hall–Kier alpha value is -2.18. The SMILES string of the molecule is O/N=C(/CSc1nc2ccccc2o1)c1cc(Cl)ccc1O. The van der Waals surface area contributed by atoms with E-state index in [0.717, 1.165) is 5.52 Å². The minimum absolute atomic E-state index is 0.00429. The summed E-state index contributed by atoms with van der Waals surface area (Å²) in [5, 5.41) is 23.2. The number of hydrogen-bond donors (Lipinski definition) is 2. The topological polar surface area (TPSA) is 78.9 Å². The van der Waals surface area contributed by atoms with Crippen molar-refractivity contribution < 1.29 is 14.7 Å². The molecule has 0 radical (unpaired) electrons. The van der Waals surface area contributed by atoms with Crippen LogP contribution in [0, 0.1) is 0 Å². The molecule has 0 aliphatic carbocycles. The summed E-state index contributed by atoms with van der Waals surface area (Å²) in [5.41, 5.74) is 2.11. The van der Waals surface area contributed by atoms with E-state index in [1.54, 1.807) is 12.1 Å². The number of fused-ring (bicyclic) bond motifs is 1. The zero-order valence-electron chi connectivity index (χ0n) is 11.2. The summed E-state index contributed by atoms with van der Waals surface area (Å²) >= 11 is 7.17. The number of hydrogen-bond acceptors (Lipinski definition) is 6. The molecule has 3 rings (SSSR count). The van der Waals surface area contributed by atoms with E-state index in [4.69, 9.17) is 16.0 Å². The van der Waals surface area contributed by atoms with Gasteiger partial charge in [0.05, 0.1) is 0 Å². The average Bonchev–Trinajstić information content (AvgIpc) is 2.94. The van der Waals surface area contributed by atoms with Crippen LogP contribution in [0.25, 0.3) is 11.1 Å². The van der Waals surface area contributed by atoms with Crippen molar-refractivity contribution in [3.63, 3.8) is 0 Å². The Bertz CT molecular complexity index is 815. The van der Waals surface area contributed by atoms with Gasteiger partial charge < -0.3 is 14.7 Å². The van der Waals surface area contributed by atoms with Crippen molar-refractivity contribution in [2.75, 3.05) is 5.75 Å². The molecule has 5 nitrogen and oxygen atoms in total. The predicted molar refractivity (Wildman–Crippen MR) is 86.2 cm³/mol. The highest BCUT2D eigenvalue weighted by molar-refractivity contribution is 7.99. The molecule has 1 aromatic heterocycles. The molecule has 0 aliphatic heterocycles. The van der Waals surface area contributed by atoms with Crippen molar-refractivity contribution in [3.8, 4) is 5.75 Å². The van der Waals surface area contributed by atoms with Crippen LogP contribution in [0.2, 0.25) is 5.02 Å². The maximum atomic E-state index is 9.85. The summed E-state index contributed by atoms with van der Waals surface area (Å²) in [6.07, 6.45) is 0. The Morgan fingerprint density at radius 3 is 2.86 bits per heavy atom. The van der Waals surface area contributed by atoms with Crippen LogP contribution in [-0.4, -0.2) is 26.8 Å². The van der Waals surface area contributed by atoms with E-state index in [-0.39, 0.29) is 17.2 Å². The quantitative estimate of drug-likeness (QED) is 0.324. The van der Waals surface area contributed by atoms with Crippen molar-refractivity contribution in [2.45, 2.75) is 5.22 Å². The normalized spacial score (nSPS) is 12.0. The van der Waals surface area contributed by atoms with Gasteiger partial charge in [0.25, 0.3) is 5.22 Å². The van der Waals surface area contributed by atoms with E-state index in [0.29, 0.717) is 21.4 Å². The first-order valence-corrected chi connectivity index (χ1v) is 7.72.